The highest BCUT2D eigenvalue weighted by Crippen LogP contribution is 2.29. The van der Waals surface area contributed by atoms with Crippen LogP contribution >= 0.6 is 15.9 Å². The maximum atomic E-state index is 12.3. The fourth-order valence-electron chi connectivity index (χ4n) is 2.08. The van der Waals surface area contributed by atoms with Crippen molar-refractivity contribution in [3.05, 3.63) is 33.3 Å². The second kappa shape index (κ2) is 5.87. The number of hydrogen-bond acceptors (Lipinski definition) is 2. The first-order valence-corrected chi connectivity index (χ1v) is 6.93. The van der Waals surface area contributed by atoms with Crippen LogP contribution in [0.1, 0.15) is 48.2 Å². The summed E-state index contributed by atoms with van der Waals surface area (Å²) in [5, 5.41) is 8.85. The lowest BCUT2D eigenvalue weighted by Crippen LogP contribution is -2.21. The molecule has 0 saturated heterocycles. The molecule has 1 aromatic rings. The van der Waals surface area contributed by atoms with Crippen LogP contribution in [0.15, 0.2) is 16.6 Å². The number of carbonyl (C=O) groups is 2. The lowest BCUT2D eigenvalue weighted by Gasteiger charge is -2.22. The number of halogens is 1. The molecule has 1 N–H and O–H groups in total. The number of carboxylic acids is 1. The average Bonchev–Trinajstić information content (AvgIpc) is 2.20. The van der Waals surface area contributed by atoms with Crippen LogP contribution in [-0.4, -0.2) is 16.9 Å². The number of Topliss-reactive ketones (excluding diaryl/α,β-unsaturated/α-hetero) is 1. The minimum Gasteiger partial charge on any atom is -0.481 e. The van der Waals surface area contributed by atoms with E-state index in [2.05, 4.69) is 15.9 Å². The summed E-state index contributed by atoms with van der Waals surface area (Å²) in [6.07, 6.45) is 0.231. The summed E-state index contributed by atoms with van der Waals surface area (Å²) >= 11 is 3.43. The van der Waals surface area contributed by atoms with Gasteiger partial charge in [0, 0.05) is 16.5 Å². The summed E-state index contributed by atoms with van der Waals surface area (Å²) < 4.78 is 0.978. The third-order valence-corrected chi connectivity index (χ3v) is 3.93. The highest BCUT2D eigenvalue weighted by atomic mass is 79.9. The molecule has 0 saturated carbocycles. The van der Waals surface area contributed by atoms with Gasteiger partial charge in [0.1, 0.15) is 0 Å². The molecule has 1 rings (SSSR count). The molecule has 0 fully saturated rings. The maximum absolute atomic E-state index is 12.3. The van der Waals surface area contributed by atoms with Crippen LogP contribution in [-0.2, 0) is 4.79 Å². The Balaban J connectivity index is 2.96. The first-order chi connectivity index (χ1) is 8.62. The molecule has 4 heteroatoms. The Morgan fingerprint density at radius 1 is 1.16 bits per heavy atom. The van der Waals surface area contributed by atoms with Crippen molar-refractivity contribution in [2.24, 2.45) is 5.41 Å². The molecule has 3 nitrogen and oxygen atoms in total. The van der Waals surface area contributed by atoms with Gasteiger partial charge in [-0.3, -0.25) is 9.59 Å². The molecule has 0 aliphatic carbocycles. The van der Waals surface area contributed by atoms with Gasteiger partial charge in [-0.25, -0.2) is 0 Å². The predicted molar refractivity (Wildman–Crippen MR) is 78.6 cm³/mol. The van der Waals surface area contributed by atoms with Crippen molar-refractivity contribution in [3.63, 3.8) is 0 Å². The summed E-state index contributed by atoms with van der Waals surface area (Å²) in [6, 6.07) is 3.78. The second-order valence-corrected chi connectivity index (χ2v) is 6.61. The van der Waals surface area contributed by atoms with E-state index < -0.39 is 11.4 Å². The molecule has 0 aromatic heterocycles. The van der Waals surface area contributed by atoms with Crippen LogP contribution in [0.2, 0.25) is 0 Å². The summed E-state index contributed by atoms with van der Waals surface area (Å²) in [5.74, 6) is -0.874. The monoisotopic (exact) mass is 326 g/mol. The molecule has 0 atom stereocenters. The van der Waals surface area contributed by atoms with Gasteiger partial charge in [0.05, 0.1) is 6.42 Å². The number of carbonyl (C=O) groups excluding carboxylic acids is 1. The predicted octanol–water partition coefficient (Wildman–Crippen LogP) is 4.14. The van der Waals surface area contributed by atoms with Gasteiger partial charge in [-0.1, -0.05) is 29.8 Å². The molecular weight excluding hydrogens is 308 g/mol. The quantitative estimate of drug-likeness (QED) is 0.827. The van der Waals surface area contributed by atoms with E-state index >= 15 is 0 Å². The Kier molecular flexibility index (Phi) is 4.91. The van der Waals surface area contributed by atoms with Gasteiger partial charge in [0.2, 0.25) is 0 Å². The maximum Gasteiger partial charge on any atom is 0.303 e. The van der Waals surface area contributed by atoms with Crippen molar-refractivity contribution in [1.82, 2.24) is 0 Å². The lowest BCUT2D eigenvalue weighted by molar-refractivity contribution is -0.139. The van der Waals surface area contributed by atoms with Crippen LogP contribution in [0.3, 0.4) is 0 Å². The highest BCUT2D eigenvalue weighted by Gasteiger charge is 2.26. The molecule has 1 aromatic carbocycles. The third kappa shape index (κ3) is 4.46. The van der Waals surface area contributed by atoms with E-state index in [1.807, 2.05) is 26.0 Å². The molecule has 104 valence electrons. The van der Waals surface area contributed by atoms with Crippen LogP contribution in [0, 0.1) is 19.3 Å². The minimum atomic E-state index is -0.874. The fraction of sp³-hybridized carbons (Fsp3) is 0.467. The van der Waals surface area contributed by atoms with E-state index in [1.165, 1.54) is 0 Å². The summed E-state index contributed by atoms with van der Waals surface area (Å²) in [7, 11) is 0. The van der Waals surface area contributed by atoms with Crippen molar-refractivity contribution < 1.29 is 14.7 Å². The zero-order valence-corrected chi connectivity index (χ0v) is 13.3. The number of rotatable bonds is 5. The summed E-state index contributed by atoms with van der Waals surface area (Å²) in [4.78, 5) is 23.1. The molecule has 0 radical (unpaired) electrons. The molecule has 0 spiro atoms. The standard InChI is InChI=1S/C15H19BrO3/c1-9-6-12(16)10(2)5-11(9)13(17)7-15(3,4)8-14(18)19/h5-6H,7-8H2,1-4H3,(H,18,19). The first kappa shape index (κ1) is 15.9. The Bertz CT molecular complexity index is 518. The van der Waals surface area contributed by atoms with E-state index in [4.69, 9.17) is 5.11 Å². The zero-order valence-electron chi connectivity index (χ0n) is 11.7. The van der Waals surface area contributed by atoms with E-state index in [-0.39, 0.29) is 18.6 Å². The molecule has 0 heterocycles. The Morgan fingerprint density at radius 2 is 1.74 bits per heavy atom. The Labute approximate surface area is 122 Å². The van der Waals surface area contributed by atoms with E-state index in [0.29, 0.717) is 5.56 Å². The smallest absolute Gasteiger partial charge is 0.303 e. The highest BCUT2D eigenvalue weighted by molar-refractivity contribution is 9.10. The van der Waals surface area contributed by atoms with Crippen molar-refractivity contribution in [2.75, 3.05) is 0 Å². The number of hydrogen-bond donors (Lipinski definition) is 1. The number of aryl methyl sites for hydroxylation is 2. The minimum absolute atomic E-state index is 0.000602. The van der Waals surface area contributed by atoms with Gasteiger partial charge in [-0.15, -0.1) is 0 Å². The number of aliphatic carboxylic acids is 1. The molecular formula is C15H19BrO3. The molecule has 0 unspecified atom stereocenters. The first-order valence-electron chi connectivity index (χ1n) is 6.14. The molecule has 0 aliphatic rings. The average molecular weight is 327 g/mol. The Hall–Kier alpha value is -1.16. The van der Waals surface area contributed by atoms with Crippen molar-refractivity contribution in [3.8, 4) is 0 Å². The van der Waals surface area contributed by atoms with Crippen molar-refractivity contribution >= 4 is 27.7 Å². The second-order valence-electron chi connectivity index (χ2n) is 5.75. The van der Waals surface area contributed by atoms with Crippen LogP contribution in [0.5, 0.6) is 0 Å². The van der Waals surface area contributed by atoms with Crippen LogP contribution in [0.4, 0.5) is 0 Å². The van der Waals surface area contributed by atoms with Gasteiger partial charge in [-0.2, -0.15) is 0 Å². The van der Waals surface area contributed by atoms with Gasteiger partial charge in [0.25, 0.3) is 0 Å². The van der Waals surface area contributed by atoms with Gasteiger partial charge < -0.3 is 5.11 Å². The van der Waals surface area contributed by atoms with E-state index in [9.17, 15) is 9.59 Å². The molecule has 0 bridgehead atoms. The molecule has 0 aliphatic heterocycles. The lowest BCUT2D eigenvalue weighted by atomic mass is 9.82. The van der Waals surface area contributed by atoms with Gasteiger partial charge in [-0.05, 0) is 42.5 Å². The topological polar surface area (TPSA) is 54.4 Å². The van der Waals surface area contributed by atoms with E-state index in [0.717, 1.165) is 15.6 Å². The number of ketones is 1. The van der Waals surface area contributed by atoms with Gasteiger partial charge in [0.15, 0.2) is 5.78 Å². The number of benzene rings is 1. The number of carboxylic acid groups (broad SMARTS) is 1. The zero-order chi connectivity index (χ0) is 14.8. The van der Waals surface area contributed by atoms with Gasteiger partial charge >= 0.3 is 5.97 Å². The summed E-state index contributed by atoms with van der Waals surface area (Å²) in [5.41, 5.74) is 2.06. The third-order valence-electron chi connectivity index (χ3n) is 3.07. The Morgan fingerprint density at radius 3 is 2.26 bits per heavy atom. The largest absolute Gasteiger partial charge is 0.481 e. The summed E-state index contributed by atoms with van der Waals surface area (Å²) in [6.45, 7) is 7.43. The normalized spacial score (nSPS) is 11.4. The van der Waals surface area contributed by atoms with Crippen molar-refractivity contribution in [2.45, 2.75) is 40.5 Å². The molecule has 0 amide bonds. The SMILES string of the molecule is Cc1cc(C(=O)CC(C)(C)CC(=O)O)c(C)cc1Br. The fourth-order valence-corrected chi connectivity index (χ4v) is 2.54. The van der Waals surface area contributed by atoms with Crippen molar-refractivity contribution in [1.29, 1.82) is 0 Å². The van der Waals surface area contributed by atoms with Crippen LogP contribution in [0.25, 0.3) is 0 Å². The van der Waals surface area contributed by atoms with E-state index in [1.54, 1.807) is 13.8 Å². The molecule has 19 heavy (non-hydrogen) atoms. The van der Waals surface area contributed by atoms with Crippen LogP contribution < -0.4 is 0 Å².